The summed E-state index contributed by atoms with van der Waals surface area (Å²) in [5.74, 6) is -1.49. The first-order valence-electron chi connectivity index (χ1n) is 8.33. The van der Waals surface area contributed by atoms with Crippen LogP contribution in [-0.2, 0) is 20.7 Å². The van der Waals surface area contributed by atoms with E-state index in [9.17, 15) is 14.0 Å². The molecule has 0 bridgehead atoms. The van der Waals surface area contributed by atoms with Gasteiger partial charge in [0.25, 0.3) is 5.91 Å². The molecule has 1 N–H and O–H groups in total. The molecule has 0 unspecified atom stereocenters. The van der Waals surface area contributed by atoms with E-state index in [0.29, 0.717) is 18.4 Å². The molecular formula is C20H22FNO3. The molecule has 0 radical (unpaired) electrons. The van der Waals surface area contributed by atoms with Gasteiger partial charge in [-0.05, 0) is 30.0 Å². The third-order valence-corrected chi connectivity index (χ3v) is 3.91. The summed E-state index contributed by atoms with van der Waals surface area (Å²) in [6, 6.07) is 15.8. The van der Waals surface area contributed by atoms with Crippen molar-refractivity contribution in [2.75, 3.05) is 13.2 Å². The van der Waals surface area contributed by atoms with E-state index < -0.39 is 11.9 Å². The second kappa shape index (κ2) is 9.57. The number of carbonyl (C=O) groups is 2. The summed E-state index contributed by atoms with van der Waals surface area (Å²) >= 11 is 0. The molecule has 0 saturated carbocycles. The predicted molar refractivity (Wildman–Crippen MR) is 93.5 cm³/mol. The molecule has 0 spiro atoms. The average Bonchev–Trinajstić information content (AvgIpc) is 2.63. The predicted octanol–water partition coefficient (Wildman–Crippen LogP) is 3.22. The Morgan fingerprint density at radius 2 is 1.76 bits per heavy atom. The van der Waals surface area contributed by atoms with E-state index in [0.717, 1.165) is 5.56 Å². The third-order valence-electron chi connectivity index (χ3n) is 3.91. The molecule has 0 aliphatic rings. The van der Waals surface area contributed by atoms with Gasteiger partial charge in [-0.2, -0.15) is 0 Å². The van der Waals surface area contributed by atoms with Crippen LogP contribution in [0.15, 0.2) is 54.6 Å². The average molecular weight is 343 g/mol. The zero-order valence-corrected chi connectivity index (χ0v) is 14.2. The number of esters is 1. The number of hydrogen-bond donors (Lipinski definition) is 1. The minimum Gasteiger partial charge on any atom is -0.455 e. The van der Waals surface area contributed by atoms with Gasteiger partial charge in [-0.1, -0.05) is 55.5 Å². The van der Waals surface area contributed by atoms with Crippen molar-refractivity contribution in [3.63, 3.8) is 0 Å². The molecule has 2 aromatic carbocycles. The Morgan fingerprint density at radius 1 is 1.08 bits per heavy atom. The molecule has 132 valence electrons. The van der Waals surface area contributed by atoms with Crippen LogP contribution in [0.2, 0.25) is 0 Å². The molecule has 2 rings (SSSR count). The lowest BCUT2D eigenvalue weighted by Gasteiger charge is -2.14. The van der Waals surface area contributed by atoms with Gasteiger partial charge in [-0.3, -0.25) is 9.59 Å². The highest BCUT2D eigenvalue weighted by molar-refractivity contribution is 5.83. The molecule has 0 saturated heterocycles. The lowest BCUT2D eigenvalue weighted by Crippen LogP contribution is -2.31. The Labute approximate surface area is 147 Å². The van der Waals surface area contributed by atoms with Crippen molar-refractivity contribution in [1.82, 2.24) is 5.32 Å². The second-order valence-electron chi connectivity index (χ2n) is 5.67. The Kier molecular flexibility index (Phi) is 7.14. The fourth-order valence-electron chi connectivity index (χ4n) is 2.55. The van der Waals surface area contributed by atoms with Crippen LogP contribution in [0.5, 0.6) is 0 Å². The standard InChI is InChI=1S/C20H22FNO3/c1-2-17(15-8-4-3-5-9-15)20(24)25-14-19(23)22-13-12-16-10-6-7-11-18(16)21/h3-11,17H,2,12-14H2,1H3,(H,22,23)/t17-/m1/s1. The third kappa shape index (κ3) is 5.71. The molecule has 1 atom stereocenters. The van der Waals surface area contributed by atoms with Crippen LogP contribution in [0, 0.1) is 5.82 Å². The first-order valence-corrected chi connectivity index (χ1v) is 8.33. The molecule has 0 aliphatic heterocycles. The lowest BCUT2D eigenvalue weighted by molar-refractivity contribution is -0.150. The smallest absolute Gasteiger partial charge is 0.313 e. The van der Waals surface area contributed by atoms with E-state index in [-0.39, 0.29) is 24.9 Å². The number of rotatable bonds is 8. The number of benzene rings is 2. The Balaban J connectivity index is 1.75. The van der Waals surface area contributed by atoms with Crippen LogP contribution >= 0.6 is 0 Å². The van der Waals surface area contributed by atoms with Gasteiger partial charge < -0.3 is 10.1 Å². The van der Waals surface area contributed by atoms with Crippen LogP contribution in [0.4, 0.5) is 4.39 Å². The number of halogens is 1. The number of ether oxygens (including phenoxy) is 1. The molecule has 25 heavy (non-hydrogen) atoms. The lowest BCUT2D eigenvalue weighted by atomic mass is 9.97. The highest BCUT2D eigenvalue weighted by Gasteiger charge is 2.20. The number of nitrogens with one attached hydrogen (secondary N) is 1. The minimum absolute atomic E-state index is 0.285. The van der Waals surface area contributed by atoms with Gasteiger partial charge >= 0.3 is 5.97 Å². The van der Waals surface area contributed by atoms with Crippen molar-refractivity contribution in [3.8, 4) is 0 Å². The van der Waals surface area contributed by atoms with Crippen molar-refractivity contribution in [3.05, 3.63) is 71.5 Å². The number of carbonyl (C=O) groups excluding carboxylic acids is 2. The highest BCUT2D eigenvalue weighted by atomic mass is 19.1. The van der Waals surface area contributed by atoms with Crippen LogP contribution in [0.3, 0.4) is 0 Å². The van der Waals surface area contributed by atoms with Gasteiger partial charge in [0, 0.05) is 6.54 Å². The molecule has 2 aromatic rings. The summed E-state index contributed by atoms with van der Waals surface area (Å²) < 4.78 is 18.6. The maximum Gasteiger partial charge on any atom is 0.313 e. The van der Waals surface area contributed by atoms with E-state index >= 15 is 0 Å². The van der Waals surface area contributed by atoms with Crippen LogP contribution in [0.1, 0.15) is 30.4 Å². The van der Waals surface area contributed by atoms with E-state index in [2.05, 4.69) is 5.32 Å². The van der Waals surface area contributed by atoms with Crippen molar-refractivity contribution < 1.29 is 18.7 Å². The zero-order valence-electron chi connectivity index (χ0n) is 14.2. The zero-order chi connectivity index (χ0) is 18.1. The summed E-state index contributed by atoms with van der Waals surface area (Å²) in [7, 11) is 0. The topological polar surface area (TPSA) is 55.4 Å². The maximum absolute atomic E-state index is 13.5. The van der Waals surface area contributed by atoms with Gasteiger partial charge in [0.1, 0.15) is 5.82 Å². The normalized spacial score (nSPS) is 11.6. The van der Waals surface area contributed by atoms with Gasteiger partial charge in [0.05, 0.1) is 5.92 Å². The largest absolute Gasteiger partial charge is 0.455 e. The quantitative estimate of drug-likeness (QED) is 0.749. The van der Waals surface area contributed by atoms with E-state index in [4.69, 9.17) is 4.74 Å². The van der Waals surface area contributed by atoms with Crippen LogP contribution in [0.25, 0.3) is 0 Å². The molecule has 0 aliphatic carbocycles. The summed E-state index contributed by atoms with van der Waals surface area (Å²) in [5, 5.41) is 2.63. The molecule has 5 heteroatoms. The summed E-state index contributed by atoms with van der Waals surface area (Å²) in [6.07, 6.45) is 0.978. The van der Waals surface area contributed by atoms with Crippen molar-refractivity contribution in [2.45, 2.75) is 25.7 Å². The van der Waals surface area contributed by atoms with E-state index in [1.807, 2.05) is 37.3 Å². The van der Waals surface area contributed by atoms with E-state index in [1.54, 1.807) is 18.2 Å². The summed E-state index contributed by atoms with van der Waals surface area (Å²) in [6.45, 7) is 1.85. The number of hydrogen-bond acceptors (Lipinski definition) is 3. The van der Waals surface area contributed by atoms with Gasteiger partial charge in [-0.15, -0.1) is 0 Å². The molecule has 0 aromatic heterocycles. The first kappa shape index (κ1) is 18.6. The minimum atomic E-state index is -0.419. The number of amides is 1. The monoisotopic (exact) mass is 343 g/mol. The molecule has 4 nitrogen and oxygen atoms in total. The molecule has 1 amide bonds. The van der Waals surface area contributed by atoms with E-state index in [1.165, 1.54) is 6.07 Å². The van der Waals surface area contributed by atoms with Gasteiger partial charge in [0.15, 0.2) is 6.61 Å². The van der Waals surface area contributed by atoms with Crippen molar-refractivity contribution in [2.24, 2.45) is 0 Å². The first-order chi connectivity index (χ1) is 12.1. The molecular weight excluding hydrogens is 321 g/mol. The van der Waals surface area contributed by atoms with Gasteiger partial charge in [-0.25, -0.2) is 4.39 Å². The molecule has 0 heterocycles. The Hall–Kier alpha value is -2.69. The van der Waals surface area contributed by atoms with Crippen molar-refractivity contribution >= 4 is 11.9 Å². The summed E-state index contributed by atoms with van der Waals surface area (Å²) in [5.41, 5.74) is 1.41. The maximum atomic E-state index is 13.5. The fourth-order valence-corrected chi connectivity index (χ4v) is 2.55. The summed E-state index contributed by atoms with van der Waals surface area (Å²) in [4.78, 5) is 24.0. The fraction of sp³-hybridized carbons (Fsp3) is 0.300. The van der Waals surface area contributed by atoms with Gasteiger partial charge in [0.2, 0.25) is 0 Å². The van der Waals surface area contributed by atoms with Crippen LogP contribution < -0.4 is 5.32 Å². The SMILES string of the molecule is CC[C@@H](C(=O)OCC(=O)NCCc1ccccc1F)c1ccccc1. The van der Waals surface area contributed by atoms with Crippen molar-refractivity contribution in [1.29, 1.82) is 0 Å². The molecule has 0 fully saturated rings. The highest BCUT2D eigenvalue weighted by Crippen LogP contribution is 2.20. The Bertz CT molecular complexity index is 703. The Morgan fingerprint density at radius 3 is 2.44 bits per heavy atom. The second-order valence-corrected chi connectivity index (χ2v) is 5.67. The van der Waals surface area contributed by atoms with Crippen LogP contribution in [-0.4, -0.2) is 25.0 Å².